The zero-order chi connectivity index (χ0) is 24.5. The number of carboxylic acid groups (broad SMARTS) is 1. The first-order chi connectivity index (χ1) is 15.5. The van der Waals surface area contributed by atoms with E-state index < -0.39 is 52.1 Å². The molecule has 1 aromatic heterocycles. The van der Waals surface area contributed by atoms with E-state index >= 15 is 0 Å². The Morgan fingerprint density at radius 3 is 2.61 bits per heavy atom. The van der Waals surface area contributed by atoms with Gasteiger partial charge in [0.2, 0.25) is 0 Å². The average molecular weight is 509 g/mol. The molecule has 3 rings (SSSR count). The molecular weight excluding hydrogens is 495 g/mol. The first-order valence-corrected chi connectivity index (χ1v) is 10.6. The Hall–Kier alpha value is -3.34. The van der Waals surface area contributed by atoms with E-state index in [9.17, 15) is 37.5 Å². The Morgan fingerprint density at radius 2 is 2.03 bits per heavy atom. The number of β-lactam (4-membered cyclic amide) rings is 1. The molecule has 12 nitrogen and oxygen atoms in total. The maximum absolute atomic E-state index is 12.7. The van der Waals surface area contributed by atoms with Gasteiger partial charge in [0.25, 0.3) is 11.8 Å². The molecular formula is C16H14F3N5O7S2. The normalized spacial score (nSPS) is 20.6. The Morgan fingerprint density at radius 1 is 1.33 bits per heavy atom. The second-order valence-electron chi connectivity index (χ2n) is 6.25. The monoisotopic (exact) mass is 509 g/mol. The minimum atomic E-state index is -5.13. The number of fused-ring (bicyclic) bond motifs is 1. The highest BCUT2D eigenvalue weighted by atomic mass is 32.2. The van der Waals surface area contributed by atoms with Crippen LogP contribution in [0.4, 0.5) is 18.3 Å². The summed E-state index contributed by atoms with van der Waals surface area (Å²) < 4.78 is 42.2. The van der Waals surface area contributed by atoms with Gasteiger partial charge in [-0.2, -0.15) is 13.2 Å². The van der Waals surface area contributed by atoms with E-state index in [1.807, 2.05) is 0 Å². The lowest BCUT2D eigenvalue weighted by molar-refractivity contribution is -0.167. The molecule has 0 saturated carbocycles. The number of alkyl halides is 3. The number of anilines is 1. The second kappa shape index (κ2) is 9.26. The zero-order valence-corrected chi connectivity index (χ0v) is 18.3. The van der Waals surface area contributed by atoms with Crippen molar-refractivity contribution in [3.05, 3.63) is 22.5 Å². The molecule has 1 aromatic rings. The van der Waals surface area contributed by atoms with E-state index in [2.05, 4.69) is 20.3 Å². The van der Waals surface area contributed by atoms with Gasteiger partial charge in [0.05, 0.1) is 12.9 Å². The highest BCUT2D eigenvalue weighted by Gasteiger charge is 2.55. The van der Waals surface area contributed by atoms with Crippen LogP contribution in [0.1, 0.15) is 5.69 Å². The number of amides is 3. The minimum Gasteiger partial charge on any atom is -0.498 e. The van der Waals surface area contributed by atoms with Crippen molar-refractivity contribution < 1.29 is 47.0 Å². The number of thioether (sulfide) groups is 1. The molecule has 0 bridgehead atoms. The van der Waals surface area contributed by atoms with Crippen LogP contribution in [0.15, 0.2) is 22.0 Å². The van der Waals surface area contributed by atoms with Crippen LogP contribution in [-0.2, 0) is 28.8 Å². The number of ether oxygens (including phenoxy) is 1. The smallest absolute Gasteiger partial charge is 0.471 e. The molecule has 33 heavy (non-hydrogen) atoms. The van der Waals surface area contributed by atoms with Gasteiger partial charge in [-0.3, -0.25) is 24.6 Å². The van der Waals surface area contributed by atoms with Crippen LogP contribution >= 0.6 is 23.1 Å². The topological polar surface area (TPSA) is 160 Å². The number of aromatic nitrogens is 1. The summed E-state index contributed by atoms with van der Waals surface area (Å²) in [6.45, 7) is 0. The van der Waals surface area contributed by atoms with Gasteiger partial charge in [0.15, 0.2) is 16.5 Å². The summed E-state index contributed by atoms with van der Waals surface area (Å²) >= 11 is 1.77. The SMILES string of the molecule is CON=C(C(=O)NC1C(=O)N2C(C(=O)O)=C(OC)CS[C@H]12)c1csc(NC(=O)C(F)(F)F)n1. The average Bonchev–Trinajstić information content (AvgIpc) is 3.21. The van der Waals surface area contributed by atoms with Crippen molar-refractivity contribution in [1.29, 1.82) is 0 Å². The summed E-state index contributed by atoms with van der Waals surface area (Å²) in [7, 11) is 2.38. The predicted molar refractivity (Wildman–Crippen MR) is 107 cm³/mol. The van der Waals surface area contributed by atoms with Crippen LogP contribution in [0.3, 0.4) is 0 Å². The van der Waals surface area contributed by atoms with E-state index in [0.717, 1.165) is 29.2 Å². The number of methoxy groups -OCH3 is 1. The van der Waals surface area contributed by atoms with E-state index in [1.54, 1.807) is 5.32 Å². The fourth-order valence-corrected chi connectivity index (χ4v) is 4.86. The van der Waals surface area contributed by atoms with E-state index in [-0.39, 0.29) is 22.9 Å². The molecule has 0 spiro atoms. The molecule has 2 aliphatic rings. The fraction of sp³-hybridized carbons (Fsp3) is 0.375. The fourth-order valence-electron chi connectivity index (χ4n) is 2.86. The van der Waals surface area contributed by atoms with Crippen molar-refractivity contribution in [1.82, 2.24) is 15.2 Å². The van der Waals surface area contributed by atoms with Crippen LogP contribution in [0.2, 0.25) is 0 Å². The Kier molecular flexibility index (Phi) is 6.82. The maximum atomic E-state index is 12.7. The van der Waals surface area contributed by atoms with E-state index in [4.69, 9.17) is 4.74 Å². The standard InChI is InChI=1S/C16H14F3N5O7S2/c1-30-6-4-32-12-8(11(26)24(12)9(6)13(27)28)21-10(25)7(23-31-2)5-3-33-15(20-5)22-14(29)16(17,18)19/h3,8,12H,4H2,1-2H3,(H,21,25)(H,27,28)(H,20,22,29)/t8?,12-/m1/s1. The molecule has 2 atom stereocenters. The van der Waals surface area contributed by atoms with Crippen LogP contribution in [-0.4, -0.2) is 82.0 Å². The van der Waals surface area contributed by atoms with Crippen LogP contribution in [0.25, 0.3) is 0 Å². The second-order valence-corrected chi connectivity index (χ2v) is 8.22. The summed E-state index contributed by atoms with van der Waals surface area (Å²) in [6, 6.07) is -1.11. The predicted octanol–water partition coefficient (Wildman–Crippen LogP) is 0.337. The molecule has 178 valence electrons. The van der Waals surface area contributed by atoms with Gasteiger partial charge in [-0.05, 0) is 0 Å². The number of carboxylic acids is 1. The third kappa shape index (κ3) is 4.72. The quantitative estimate of drug-likeness (QED) is 0.268. The molecule has 3 heterocycles. The lowest BCUT2D eigenvalue weighted by Crippen LogP contribution is -2.71. The number of oxime groups is 1. The van der Waals surface area contributed by atoms with Gasteiger partial charge in [-0.1, -0.05) is 5.16 Å². The number of hydrogen-bond donors (Lipinski definition) is 3. The Labute approximate surface area is 190 Å². The van der Waals surface area contributed by atoms with Gasteiger partial charge in [0, 0.05) is 5.38 Å². The molecule has 3 N–H and O–H groups in total. The number of aliphatic carboxylic acids is 1. The molecule has 0 aliphatic carbocycles. The molecule has 2 aliphatic heterocycles. The number of nitrogens with zero attached hydrogens (tertiary/aromatic N) is 3. The molecule has 0 aromatic carbocycles. The van der Waals surface area contributed by atoms with Gasteiger partial charge < -0.3 is 20.0 Å². The summed E-state index contributed by atoms with van der Waals surface area (Å²) in [4.78, 5) is 57.2. The van der Waals surface area contributed by atoms with Crippen molar-refractivity contribution in [3.63, 3.8) is 0 Å². The van der Waals surface area contributed by atoms with Crippen molar-refractivity contribution in [2.75, 3.05) is 25.3 Å². The number of carbonyl (C=O) groups is 4. The number of carbonyl (C=O) groups excluding carboxylic acids is 3. The highest BCUT2D eigenvalue weighted by Crippen LogP contribution is 2.40. The first kappa shape index (κ1) is 24.3. The molecule has 3 amide bonds. The zero-order valence-electron chi connectivity index (χ0n) is 16.6. The van der Waals surface area contributed by atoms with Gasteiger partial charge in [0.1, 0.15) is 30.0 Å². The largest absolute Gasteiger partial charge is 0.498 e. The van der Waals surface area contributed by atoms with E-state index in [1.165, 1.54) is 7.11 Å². The first-order valence-electron chi connectivity index (χ1n) is 8.70. The van der Waals surface area contributed by atoms with Crippen molar-refractivity contribution in [2.24, 2.45) is 5.16 Å². The lowest BCUT2D eigenvalue weighted by Gasteiger charge is -2.48. The van der Waals surface area contributed by atoms with Crippen molar-refractivity contribution in [2.45, 2.75) is 17.6 Å². The van der Waals surface area contributed by atoms with Gasteiger partial charge in [-0.15, -0.1) is 23.1 Å². The lowest BCUT2D eigenvalue weighted by atomic mass is 10.0. The third-order valence-corrected chi connectivity index (χ3v) is 6.30. The summed E-state index contributed by atoms with van der Waals surface area (Å²) in [5, 5.41) is 16.8. The molecule has 1 saturated heterocycles. The number of halogens is 3. The van der Waals surface area contributed by atoms with E-state index in [0.29, 0.717) is 11.3 Å². The number of rotatable bonds is 7. The van der Waals surface area contributed by atoms with Crippen LogP contribution in [0, 0.1) is 0 Å². The highest BCUT2D eigenvalue weighted by molar-refractivity contribution is 8.00. The van der Waals surface area contributed by atoms with Crippen molar-refractivity contribution in [3.8, 4) is 0 Å². The van der Waals surface area contributed by atoms with Gasteiger partial charge in [-0.25, -0.2) is 9.78 Å². The van der Waals surface area contributed by atoms with Crippen molar-refractivity contribution >= 4 is 57.6 Å². The third-order valence-electron chi connectivity index (χ3n) is 4.29. The number of hydrogen-bond acceptors (Lipinski definition) is 10. The number of nitrogens with one attached hydrogen (secondary N) is 2. The molecule has 0 radical (unpaired) electrons. The Balaban J connectivity index is 1.75. The van der Waals surface area contributed by atoms with Crippen LogP contribution in [0.5, 0.6) is 0 Å². The molecule has 1 unspecified atom stereocenters. The maximum Gasteiger partial charge on any atom is 0.471 e. The summed E-state index contributed by atoms with van der Waals surface area (Å²) in [5.41, 5.74) is -1.02. The Bertz CT molecular complexity index is 1070. The molecule has 1 fully saturated rings. The summed E-state index contributed by atoms with van der Waals surface area (Å²) in [6.07, 6.45) is -5.13. The molecule has 17 heteroatoms. The van der Waals surface area contributed by atoms with Crippen LogP contribution < -0.4 is 10.6 Å². The summed E-state index contributed by atoms with van der Waals surface area (Å²) in [5.74, 6) is -5.03. The van der Waals surface area contributed by atoms with Gasteiger partial charge >= 0.3 is 18.1 Å². The minimum absolute atomic E-state index is 0.0967. The number of thiazole rings is 1.